The molecule has 0 aliphatic carbocycles. The van der Waals surface area contributed by atoms with Gasteiger partial charge in [0.25, 0.3) is 0 Å². The van der Waals surface area contributed by atoms with E-state index in [9.17, 15) is 4.79 Å². The monoisotopic (exact) mass is 451 g/mol. The van der Waals surface area contributed by atoms with E-state index in [1.165, 1.54) is 0 Å². The number of nitrogens with one attached hydrogen (secondary N) is 1. The zero-order valence-electron chi connectivity index (χ0n) is 16.6. The van der Waals surface area contributed by atoms with Crippen molar-refractivity contribution in [1.82, 2.24) is 5.32 Å². The molecule has 6 nitrogen and oxygen atoms in total. The largest absolute Gasteiger partial charge is 0.497 e. The van der Waals surface area contributed by atoms with Crippen molar-refractivity contribution in [3.8, 4) is 23.0 Å². The van der Waals surface area contributed by atoms with Crippen LogP contribution in [0.4, 0.5) is 0 Å². The van der Waals surface area contributed by atoms with Gasteiger partial charge < -0.3 is 24.3 Å². The number of carbonyl (C=O) groups is 1. The molecule has 1 N–H and O–H groups in total. The maximum Gasteiger partial charge on any atom is 0.220 e. The summed E-state index contributed by atoms with van der Waals surface area (Å²) >= 11 is 3.53. The lowest BCUT2D eigenvalue weighted by Crippen LogP contribution is -2.26. The molecular formula is C21H26BrNO5. The number of benzene rings is 2. The first kappa shape index (κ1) is 21.9. The van der Waals surface area contributed by atoms with E-state index in [2.05, 4.69) is 21.2 Å². The predicted octanol–water partition coefficient (Wildman–Crippen LogP) is 3.78. The Morgan fingerprint density at radius 3 is 2.04 bits per heavy atom. The number of hydrogen-bond donors (Lipinski definition) is 1. The molecule has 2 rings (SSSR count). The van der Waals surface area contributed by atoms with Gasteiger partial charge in [-0.15, -0.1) is 0 Å². The zero-order chi connectivity index (χ0) is 20.5. The van der Waals surface area contributed by atoms with Crippen LogP contribution in [-0.4, -0.2) is 40.9 Å². The Labute approximate surface area is 174 Å². The molecule has 28 heavy (non-hydrogen) atoms. The smallest absolute Gasteiger partial charge is 0.220 e. The number of ether oxygens (including phenoxy) is 4. The van der Waals surface area contributed by atoms with Gasteiger partial charge in [0.05, 0.1) is 28.4 Å². The first-order valence-electron chi connectivity index (χ1n) is 8.89. The van der Waals surface area contributed by atoms with E-state index < -0.39 is 0 Å². The van der Waals surface area contributed by atoms with Crippen molar-refractivity contribution in [3.05, 3.63) is 45.9 Å². The van der Waals surface area contributed by atoms with Crippen LogP contribution < -0.4 is 24.3 Å². The quantitative estimate of drug-likeness (QED) is 0.595. The third-order valence-electron chi connectivity index (χ3n) is 4.32. The number of carbonyl (C=O) groups excluding carboxylic acids is 1. The fraction of sp³-hybridized carbons (Fsp3) is 0.381. The average molecular weight is 452 g/mol. The van der Waals surface area contributed by atoms with Gasteiger partial charge in [-0.1, -0.05) is 15.9 Å². The Morgan fingerprint density at radius 2 is 1.46 bits per heavy atom. The predicted molar refractivity (Wildman–Crippen MR) is 112 cm³/mol. The minimum absolute atomic E-state index is 0.00149. The van der Waals surface area contributed by atoms with Crippen molar-refractivity contribution in [2.75, 3.05) is 35.0 Å². The van der Waals surface area contributed by atoms with Gasteiger partial charge in [0.1, 0.15) is 11.5 Å². The van der Waals surface area contributed by atoms with Gasteiger partial charge in [-0.3, -0.25) is 4.79 Å². The molecular weight excluding hydrogens is 426 g/mol. The molecule has 152 valence electrons. The molecule has 1 amide bonds. The second-order valence-corrected chi connectivity index (χ2v) is 6.97. The SMILES string of the molecule is COc1cc(CCC(=O)NCCc2cc(OC)c(OC)cc2Br)cc(OC)c1. The van der Waals surface area contributed by atoms with Crippen LogP contribution in [0.1, 0.15) is 17.5 Å². The second kappa shape index (κ2) is 10.8. The van der Waals surface area contributed by atoms with Gasteiger partial charge in [0.15, 0.2) is 11.5 Å². The Bertz CT molecular complexity index is 787. The van der Waals surface area contributed by atoms with Crippen molar-refractivity contribution < 1.29 is 23.7 Å². The molecule has 0 fully saturated rings. The Kier molecular flexibility index (Phi) is 8.44. The van der Waals surface area contributed by atoms with Crippen molar-refractivity contribution in [2.24, 2.45) is 0 Å². The van der Waals surface area contributed by atoms with Crippen LogP contribution in [-0.2, 0) is 17.6 Å². The highest BCUT2D eigenvalue weighted by atomic mass is 79.9. The molecule has 0 bridgehead atoms. The van der Waals surface area contributed by atoms with Gasteiger partial charge in [-0.05, 0) is 48.2 Å². The molecule has 0 saturated carbocycles. The highest BCUT2D eigenvalue weighted by Crippen LogP contribution is 2.33. The molecule has 0 atom stereocenters. The Hall–Kier alpha value is -2.41. The zero-order valence-corrected chi connectivity index (χ0v) is 18.2. The van der Waals surface area contributed by atoms with Gasteiger partial charge in [-0.2, -0.15) is 0 Å². The lowest BCUT2D eigenvalue weighted by Gasteiger charge is -2.12. The van der Waals surface area contributed by atoms with Crippen LogP contribution in [0.2, 0.25) is 0 Å². The standard InChI is InChI=1S/C21H26BrNO5/c1-25-16-9-14(10-17(12-16)26-2)5-6-21(24)23-8-7-15-11-19(27-3)20(28-4)13-18(15)22/h9-13H,5-8H2,1-4H3,(H,23,24). The Morgan fingerprint density at radius 1 is 0.857 bits per heavy atom. The summed E-state index contributed by atoms with van der Waals surface area (Å²) in [5.74, 6) is 2.76. The summed E-state index contributed by atoms with van der Waals surface area (Å²) in [5.41, 5.74) is 2.03. The van der Waals surface area contributed by atoms with Crippen molar-refractivity contribution in [3.63, 3.8) is 0 Å². The molecule has 0 aromatic heterocycles. The molecule has 0 saturated heterocycles. The summed E-state index contributed by atoms with van der Waals surface area (Å²) in [6, 6.07) is 9.42. The first-order chi connectivity index (χ1) is 13.5. The molecule has 0 aliphatic heterocycles. The van der Waals surface area contributed by atoms with Crippen LogP contribution in [0.3, 0.4) is 0 Å². The van der Waals surface area contributed by atoms with Gasteiger partial charge in [0, 0.05) is 23.5 Å². The van der Waals surface area contributed by atoms with E-state index in [1.54, 1.807) is 28.4 Å². The normalized spacial score (nSPS) is 10.3. The molecule has 0 unspecified atom stereocenters. The minimum Gasteiger partial charge on any atom is -0.497 e. The van der Waals surface area contributed by atoms with Gasteiger partial charge in [-0.25, -0.2) is 0 Å². The summed E-state index contributed by atoms with van der Waals surface area (Å²) < 4.78 is 22.1. The molecule has 0 radical (unpaired) electrons. The number of aryl methyl sites for hydroxylation is 1. The maximum absolute atomic E-state index is 12.2. The lowest BCUT2D eigenvalue weighted by atomic mass is 10.1. The summed E-state index contributed by atoms with van der Waals surface area (Å²) in [6.07, 6.45) is 1.68. The van der Waals surface area contributed by atoms with E-state index in [0.717, 1.165) is 15.6 Å². The van der Waals surface area contributed by atoms with Crippen LogP contribution in [0.5, 0.6) is 23.0 Å². The first-order valence-corrected chi connectivity index (χ1v) is 9.69. The number of amides is 1. The molecule has 2 aromatic rings. The van der Waals surface area contributed by atoms with Crippen LogP contribution in [0.25, 0.3) is 0 Å². The third kappa shape index (κ3) is 6.05. The minimum atomic E-state index is -0.00149. The van der Waals surface area contributed by atoms with Crippen LogP contribution >= 0.6 is 15.9 Å². The fourth-order valence-corrected chi connectivity index (χ4v) is 3.30. The summed E-state index contributed by atoms with van der Waals surface area (Å²) in [6.45, 7) is 0.536. The topological polar surface area (TPSA) is 66.0 Å². The third-order valence-corrected chi connectivity index (χ3v) is 5.06. The summed E-state index contributed by atoms with van der Waals surface area (Å²) in [5, 5.41) is 2.96. The number of hydrogen-bond acceptors (Lipinski definition) is 5. The van der Waals surface area contributed by atoms with Gasteiger partial charge >= 0.3 is 0 Å². The second-order valence-electron chi connectivity index (χ2n) is 6.12. The van der Waals surface area contributed by atoms with E-state index in [0.29, 0.717) is 48.8 Å². The highest BCUT2D eigenvalue weighted by molar-refractivity contribution is 9.10. The van der Waals surface area contributed by atoms with Crippen LogP contribution in [0, 0.1) is 0 Å². The van der Waals surface area contributed by atoms with Crippen molar-refractivity contribution >= 4 is 21.8 Å². The van der Waals surface area contributed by atoms with E-state index in [1.807, 2.05) is 30.3 Å². The number of methoxy groups -OCH3 is 4. The van der Waals surface area contributed by atoms with Crippen molar-refractivity contribution in [2.45, 2.75) is 19.3 Å². The molecule has 0 heterocycles. The van der Waals surface area contributed by atoms with E-state index >= 15 is 0 Å². The maximum atomic E-state index is 12.2. The summed E-state index contributed by atoms with van der Waals surface area (Å²) in [7, 11) is 6.42. The molecule has 2 aromatic carbocycles. The van der Waals surface area contributed by atoms with Crippen LogP contribution in [0.15, 0.2) is 34.8 Å². The fourth-order valence-electron chi connectivity index (χ4n) is 2.78. The van der Waals surface area contributed by atoms with Gasteiger partial charge in [0.2, 0.25) is 5.91 Å². The van der Waals surface area contributed by atoms with E-state index in [-0.39, 0.29) is 5.91 Å². The van der Waals surface area contributed by atoms with E-state index in [4.69, 9.17) is 18.9 Å². The number of halogens is 1. The Balaban J connectivity index is 1.87. The summed E-state index contributed by atoms with van der Waals surface area (Å²) in [4.78, 5) is 12.2. The molecule has 0 spiro atoms. The number of rotatable bonds is 10. The average Bonchev–Trinajstić information content (AvgIpc) is 2.72. The van der Waals surface area contributed by atoms with Crippen molar-refractivity contribution in [1.29, 1.82) is 0 Å². The highest BCUT2D eigenvalue weighted by Gasteiger charge is 2.10. The lowest BCUT2D eigenvalue weighted by molar-refractivity contribution is -0.121. The molecule has 7 heteroatoms. The molecule has 0 aliphatic rings.